The lowest BCUT2D eigenvalue weighted by Gasteiger charge is -2.27. The van der Waals surface area contributed by atoms with E-state index in [0.717, 1.165) is 28.4 Å². The highest BCUT2D eigenvalue weighted by Gasteiger charge is 2.22. The second-order valence-corrected chi connectivity index (χ2v) is 9.02. The number of nitrogens with one attached hydrogen (secondary N) is 1. The van der Waals surface area contributed by atoms with Crippen LogP contribution in [0.5, 0.6) is 0 Å². The molecule has 0 unspecified atom stereocenters. The van der Waals surface area contributed by atoms with Gasteiger partial charge >= 0.3 is 0 Å². The summed E-state index contributed by atoms with van der Waals surface area (Å²) in [6.07, 6.45) is 0. The van der Waals surface area contributed by atoms with Gasteiger partial charge in [0.05, 0.1) is 0 Å². The SMILES string of the molecule is Nc1ccc(Nc2nc(N(c3ccccc3)c3ccccc3)nc(N(c3ccccc3)c3ccccc3)n2)cc1. The number of nitrogens with two attached hydrogens (primary N) is 1. The predicted octanol–water partition coefficient (Wildman–Crippen LogP) is 8.14. The summed E-state index contributed by atoms with van der Waals surface area (Å²) in [5.41, 5.74) is 11.1. The second kappa shape index (κ2) is 11.4. The molecule has 7 heteroatoms. The van der Waals surface area contributed by atoms with Gasteiger partial charge in [0.15, 0.2) is 0 Å². The van der Waals surface area contributed by atoms with Crippen molar-refractivity contribution in [2.24, 2.45) is 0 Å². The molecule has 0 atom stereocenters. The summed E-state index contributed by atoms with van der Waals surface area (Å²) < 4.78 is 0. The third kappa shape index (κ3) is 5.44. The maximum atomic E-state index is 5.92. The lowest BCUT2D eigenvalue weighted by molar-refractivity contribution is 0.988. The van der Waals surface area contributed by atoms with Gasteiger partial charge in [0.1, 0.15) is 0 Å². The Labute approximate surface area is 233 Å². The molecule has 3 N–H and O–H groups in total. The zero-order valence-corrected chi connectivity index (χ0v) is 21.7. The van der Waals surface area contributed by atoms with Crippen molar-refractivity contribution in [2.75, 3.05) is 20.9 Å². The van der Waals surface area contributed by atoms with Gasteiger partial charge in [-0.2, -0.15) is 15.0 Å². The molecule has 0 saturated carbocycles. The topological polar surface area (TPSA) is 83.2 Å². The molecule has 194 valence electrons. The zero-order chi connectivity index (χ0) is 27.1. The summed E-state index contributed by atoms with van der Waals surface area (Å²) in [6, 6.07) is 47.8. The molecule has 0 aliphatic rings. The maximum Gasteiger partial charge on any atom is 0.241 e. The third-order valence-corrected chi connectivity index (χ3v) is 6.24. The molecule has 5 aromatic carbocycles. The molecule has 0 bridgehead atoms. The number of nitrogens with zero attached hydrogens (tertiary/aromatic N) is 5. The highest BCUT2D eigenvalue weighted by atomic mass is 15.4. The molecule has 40 heavy (non-hydrogen) atoms. The van der Waals surface area contributed by atoms with Crippen LogP contribution in [0.3, 0.4) is 0 Å². The van der Waals surface area contributed by atoms with Crippen molar-refractivity contribution in [3.8, 4) is 0 Å². The second-order valence-electron chi connectivity index (χ2n) is 9.02. The summed E-state index contributed by atoms with van der Waals surface area (Å²) in [4.78, 5) is 18.9. The Bertz CT molecular complexity index is 1480. The molecule has 6 aromatic rings. The molecule has 1 heterocycles. The van der Waals surface area contributed by atoms with Crippen molar-refractivity contribution in [1.29, 1.82) is 0 Å². The Kier molecular flexibility index (Phi) is 7.00. The number of hydrogen-bond donors (Lipinski definition) is 2. The zero-order valence-electron chi connectivity index (χ0n) is 21.7. The number of benzene rings is 5. The minimum absolute atomic E-state index is 0.401. The van der Waals surface area contributed by atoms with Crippen molar-refractivity contribution in [1.82, 2.24) is 15.0 Å². The monoisotopic (exact) mass is 521 g/mol. The number of hydrogen-bond acceptors (Lipinski definition) is 7. The maximum absolute atomic E-state index is 5.92. The lowest BCUT2D eigenvalue weighted by Crippen LogP contribution is -2.19. The first kappa shape index (κ1) is 24.6. The molecule has 0 fully saturated rings. The van der Waals surface area contributed by atoms with E-state index in [-0.39, 0.29) is 0 Å². The van der Waals surface area contributed by atoms with Gasteiger partial charge in [0.25, 0.3) is 0 Å². The van der Waals surface area contributed by atoms with Crippen LogP contribution in [0.25, 0.3) is 0 Å². The van der Waals surface area contributed by atoms with Gasteiger partial charge in [0, 0.05) is 34.1 Å². The summed E-state index contributed by atoms with van der Waals surface area (Å²) >= 11 is 0. The van der Waals surface area contributed by atoms with Gasteiger partial charge in [-0.3, -0.25) is 9.80 Å². The van der Waals surface area contributed by atoms with Gasteiger partial charge in [-0.25, -0.2) is 0 Å². The van der Waals surface area contributed by atoms with E-state index in [4.69, 9.17) is 20.7 Å². The van der Waals surface area contributed by atoms with Crippen LogP contribution < -0.4 is 20.9 Å². The molecule has 0 radical (unpaired) electrons. The van der Waals surface area contributed by atoms with E-state index in [1.165, 1.54) is 0 Å². The Hall–Kier alpha value is -5.69. The average molecular weight is 522 g/mol. The minimum Gasteiger partial charge on any atom is -0.399 e. The van der Waals surface area contributed by atoms with Crippen LogP contribution in [0.1, 0.15) is 0 Å². The van der Waals surface area contributed by atoms with Crippen LogP contribution in [-0.2, 0) is 0 Å². The van der Waals surface area contributed by atoms with Gasteiger partial charge in [-0.15, -0.1) is 0 Å². The number of nitrogen functional groups attached to an aromatic ring is 1. The van der Waals surface area contributed by atoms with E-state index in [1.807, 2.05) is 155 Å². The number of aromatic nitrogens is 3. The third-order valence-electron chi connectivity index (χ3n) is 6.24. The lowest BCUT2D eigenvalue weighted by atomic mass is 10.2. The first-order valence-corrected chi connectivity index (χ1v) is 12.9. The van der Waals surface area contributed by atoms with Crippen molar-refractivity contribution in [3.05, 3.63) is 146 Å². The summed E-state index contributed by atoms with van der Waals surface area (Å²) in [7, 11) is 0. The minimum atomic E-state index is 0.401. The van der Waals surface area contributed by atoms with Crippen LogP contribution in [0, 0.1) is 0 Å². The standard InChI is InChI=1S/C33H27N7/c34-25-21-23-26(24-22-25)35-31-36-32(39(27-13-5-1-6-14-27)28-15-7-2-8-16-28)38-33(37-31)40(29-17-9-3-10-18-29)30-19-11-4-12-20-30/h1-24H,34H2,(H,35,36,37,38). The molecule has 7 nitrogen and oxygen atoms in total. The summed E-state index contributed by atoms with van der Waals surface area (Å²) in [5.74, 6) is 1.34. The first-order chi connectivity index (χ1) is 19.7. The van der Waals surface area contributed by atoms with E-state index in [2.05, 4.69) is 5.32 Å². The van der Waals surface area contributed by atoms with Crippen molar-refractivity contribution >= 4 is 52.0 Å². The average Bonchev–Trinajstić information content (AvgIpc) is 3.01. The summed E-state index contributed by atoms with van der Waals surface area (Å²) in [6.45, 7) is 0. The van der Waals surface area contributed by atoms with E-state index in [0.29, 0.717) is 23.5 Å². The van der Waals surface area contributed by atoms with Crippen LogP contribution in [0.2, 0.25) is 0 Å². The van der Waals surface area contributed by atoms with E-state index in [9.17, 15) is 0 Å². The highest BCUT2D eigenvalue weighted by Crippen LogP contribution is 2.37. The van der Waals surface area contributed by atoms with E-state index >= 15 is 0 Å². The molecule has 0 aliphatic carbocycles. The normalized spacial score (nSPS) is 10.6. The Morgan fingerprint density at radius 3 is 1.12 bits per heavy atom. The fourth-order valence-corrected chi connectivity index (χ4v) is 4.37. The predicted molar refractivity (Wildman–Crippen MR) is 163 cm³/mol. The van der Waals surface area contributed by atoms with E-state index < -0.39 is 0 Å². The molecule has 0 saturated heterocycles. The largest absolute Gasteiger partial charge is 0.399 e. The van der Waals surface area contributed by atoms with Crippen molar-refractivity contribution < 1.29 is 0 Å². The van der Waals surface area contributed by atoms with Crippen molar-refractivity contribution in [3.63, 3.8) is 0 Å². The van der Waals surface area contributed by atoms with Crippen LogP contribution >= 0.6 is 0 Å². The van der Waals surface area contributed by atoms with E-state index in [1.54, 1.807) is 0 Å². The number of rotatable bonds is 8. The Balaban J connectivity index is 1.56. The van der Waals surface area contributed by atoms with Gasteiger partial charge in [-0.1, -0.05) is 72.8 Å². The van der Waals surface area contributed by atoms with Gasteiger partial charge in [0.2, 0.25) is 17.8 Å². The van der Waals surface area contributed by atoms with Crippen LogP contribution in [0.4, 0.5) is 52.0 Å². The molecule has 0 aliphatic heterocycles. The molecule has 0 amide bonds. The van der Waals surface area contributed by atoms with Crippen molar-refractivity contribution in [2.45, 2.75) is 0 Å². The fourth-order valence-electron chi connectivity index (χ4n) is 4.37. The molecule has 0 spiro atoms. The Morgan fingerprint density at radius 1 is 0.425 bits per heavy atom. The molecule has 6 rings (SSSR count). The molecular formula is C33H27N7. The highest BCUT2D eigenvalue weighted by molar-refractivity contribution is 5.77. The quantitative estimate of drug-likeness (QED) is 0.196. The van der Waals surface area contributed by atoms with Gasteiger partial charge in [-0.05, 0) is 72.8 Å². The number of para-hydroxylation sites is 4. The summed E-state index contributed by atoms with van der Waals surface area (Å²) in [5, 5.41) is 3.36. The molecule has 1 aromatic heterocycles. The van der Waals surface area contributed by atoms with Crippen LogP contribution in [-0.4, -0.2) is 15.0 Å². The van der Waals surface area contributed by atoms with Gasteiger partial charge < -0.3 is 11.1 Å². The van der Waals surface area contributed by atoms with Crippen LogP contribution in [0.15, 0.2) is 146 Å². The first-order valence-electron chi connectivity index (χ1n) is 12.9. The smallest absolute Gasteiger partial charge is 0.241 e. The molecular weight excluding hydrogens is 494 g/mol. The number of anilines is 9. The fraction of sp³-hybridized carbons (Fsp3) is 0. The Morgan fingerprint density at radius 2 is 0.775 bits per heavy atom.